The van der Waals surface area contributed by atoms with Crippen LogP contribution in [0, 0.1) is 20.8 Å². The van der Waals surface area contributed by atoms with Crippen LogP contribution in [-0.2, 0) is 0 Å². The normalized spacial score (nSPS) is 10.3. The van der Waals surface area contributed by atoms with Crippen LogP contribution < -0.4 is 10.6 Å². The molecular formula is C21H20N4O2. The van der Waals surface area contributed by atoms with Crippen molar-refractivity contribution in [2.45, 2.75) is 20.8 Å². The predicted octanol–water partition coefficient (Wildman–Crippen LogP) is 3.91. The molecule has 0 atom stereocenters. The average molecular weight is 360 g/mol. The Morgan fingerprint density at radius 3 is 1.85 bits per heavy atom. The first kappa shape index (κ1) is 18.3. The van der Waals surface area contributed by atoms with Gasteiger partial charge in [0.2, 0.25) is 5.95 Å². The topological polar surface area (TPSA) is 84.0 Å². The van der Waals surface area contributed by atoms with Gasteiger partial charge in [-0.1, -0.05) is 35.4 Å². The highest BCUT2D eigenvalue weighted by atomic mass is 16.2. The second-order valence-electron chi connectivity index (χ2n) is 6.37. The van der Waals surface area contributed by atoms with Crippen LogP contribution in [0.15, 0.2) is 54.6 Å². The zero-order valence-electron chi connectivity index (χ0n) is 15.4. The van der Waals surface area contributed by atoms with E-state index in [-0.39, 0.29) is 17.8 Å². The van der Waals surface area contributed by atoms with Crippen LogP contribution in [0.1, 0.15) is 37.5 Å². The summed E-state index contributed by atoms with van der Waals surface area (Å²) in [6.45, 7) is 5.61. The van der Waals surface area contributed by atoms with E-state index in [1.807, 2.05) is 38.1 Å². The molecule has 0 saturated heterocycles. The quantitative estimate of drug-likeness (QED) is 0.739. The van der Waals surface area contributed by atoms with Crippen molar-refractivity contribution in [2.75, 3.05) is 10.6 Å². The molecule has 0 bridgehead atoms. The van der Waals surface area contributed by atoms with E-state index in [1.54, 1.807) is 37.3 Å². The highest BCUT2D eigenvalue weighted by Gasteiger charge is 2.12. The lowest BCUT2D eigenvalue weighted by Gasteiger charge is -2.09. The molecule has 0 aliphatic heterocycles. The first-order valence-corrected chi connectivity index (χ1v) is 8.52. The molecule has 0 aliphatic rings. The Bertz CT molecular complexity index is 937. The summed E-state index contributed by atoms with van der Waals surface area (Å²) in [5.41, 5.74) is 3.66. The molecule has 2 aromatic carbocycles. The van der Waals surface area contributed by atoms with Gasteiger partial charge in [0.25, 0.3) is 11.8 Å². The molecular weight excluding hydrogens is 340 g/mol. The van der Waals surface area contributed by atoms with E-state index in [0.717, 1.165) is 11.1 Å². The van der Waals surface area contributed by atoms with Gasteiger partial charge in [0.15, 0.2) is 0 Å². The van der Waals surface area contributed by atoms with E-state index in [1.165, 1.54) is 0 Å². The standard InChI is InChI=1S/C21H20N4O2/c1-13-6-4-8-16(10-13)19(26)23-18-12-15(3)22-21(24-18)25-20(27)17-9-5-7-14(2)11-17/h4-12H,1-3H3,(H2,22,23,24,25,26,27). The van der Waals surface area contributed by atoms with Crippen molar-refractivity contribution >= 4 is 23.6 Å². The minimum absolute atomic E-state index is 0.140. The fourth-order valence-electron chi connectivity index (χ4n) is 2.62. The van der Waals surface area contributed by atoms with Gasteiger partial charge in [0, 0.05) is 22.9 Å². The number of nitrogens with one attached hydrogen (secondary N) is 2. The molecule has 27 heavy (non-hydrogen) atoms. The van der Waals surface area contributed by atoms with Gasteiger partial charge in [-0.3, -0.25) is 14.9 Å². The zero-order valence-corrected chi connectivity index (χ0v) is 15.4. The lowest BCUT2D eigenvalue weighted by Crippen LogP contribution is -2.17. The van der Waals surface area contributed by atoms with Crippen molar-refractivity contribution in [3.05, 3.63) is 82.5 Å². The van der Waals surface area contributed by atoms with E-state index in [2.05, 4.69) is 20.6 Å². The van der Waals surface area contributed by atoms with Crippen LogP contribution in [0.2, 0.25) is 0 Å². The fraction of sp³-hybridized carbons (Fsp3) is 0.143. The van der Waals surface area contributed by atoms with Crippen molar-refractivity contribution in [1.82, 2.24) is 9.97 Å². The van der Waals surface area contributed by atoms with Gasteiger partial charge < -0.3 is 5.32 Å². The Labute approximate surface area is 157 Å². The lowest BCUT2D eigenvalue weighted by molar-refractivity contribution is 0.101. The Hall–Kier alpha value is -3.54. The summed E-state index contributed by atoms with van der Waals surface area (Å²) in [5, 5.41) is 5.42. The van der Waals surface area contributed by atoms with Crippen molar-refractivity contribution in [1.29, 1.82) is 0 Å². The highest BCUT2D eigenvalue weighted by molar-refractivity contribution is 6.05. The summed E-state index contributed by atoms with van der Waals surface area (Å²) in [7, 11) is 0. The SMILES string of the molecule is Cc1cccc(C(=O)Nc2cc(C)nc(NC(=O)c3cccc(C)c3)n2)c1. The third-order valence-corrected chi connectivity index (χ3v) is 3.88. The van der Waals surface area contributed by atoms with Crippen LogP contribution in [0.3, 0.4) is 0 Å². The number of rotatable bonds is 4. The fourth-order valence-corrected chi connectivity index (χ4v) is 2.62. The van der Waals surface area contributed by atoms with Gasteiger partial charge in [-0.2, -0.15) is 4.98 Å². The van der Waals surface area contributed by atoms with Gasteiger partial charge in [-0.15, -0.1) is 0 Å². The maximum absolute atomic E-state index is 12.4. The summed E-state index contributed by atoms with van der Waals surface area (Å²) in [6.07, 6.45) is 0. The van der Waals surface area contributed by atoms with Crippen LogP contribution in [0.25, 0.3) is 0 Å². The monoisotopic (exact) mass is 360 g/mol. The molecule has 3 rings (SSSR count). The molecule has 1 heterocycles. The number of hydrogen-bond donors (Lipinski definition) is 2. The maximum atomic E-state index is 12.4. The molecule has 3 aromatic rings. The number of benzene rings is 2. The first-order chi connectivity index (χ1) is 12.9. The highest BCUT2D eigenvalue weighted by Crippen LogP contribution is 2.13. The molecule has 6 heteroatoms. The number of carbonyl (C=O) groups excluding carboxylic acids is 2. The number of carbonyl (C=O) groups is 2. The summed E-state index contributed by atoms with van der Waals surface area (Å²) in [4.78, 5) is 33.3. The molecule has 0 fully saturated rings. The van der Waals surface area contributed by atoms with Gasteiger partial charge in [-0.05, 0) is 45.0 Å². The molecule has 0 aliphatic carbocycles. The largest absolute Gasteiger partial charge is 0.306 e. The summed E-state index contributed by atoms with van der Waals surface area (Å²) < 4.78 is 0. The Kier molecular flexibility index (Phi) is 5.26. The third kappa shape index (κ3) is 4.76. The minimum Gasteiger partial charge on any atom is -0.306 e. The summed E-state index contributed by atoms with van der Waals surface area (Å²) >= 11 is 0. The minimum atomic E-state index is -0.305. The molecule has 136 valence electrons. The van der Waals surface area contributed by atoms with Gasteiger partial charge >= 0.3 is 0 Å². The molecule has 0 saturated carbocycles. The average Bonchev–Trinajstić information content (AvgIpc) is 2.61. The van der Waals surface area contributed by atoms with Crippen LogP contribution in [0.4, 0.5) is 11.8 Å². The number of amides is 2. The Morgan fingerprint density at radius 1 is 0.741 bits per heavy atom. The molecule has 1 aromatic heterocycles. The van der Waals surface area contributed by atoms with Gasteiger partial charge in [-0.25, -0.2) is 4.98 Å². The van der Waals surface area contributed by atoms with Crippen molar-refractivity contribution in [3.8, 4) is 0 Å². The van der Waals surface area contributed by atoms with Crippen LogP contribution >= 0.6 is 0 Å². The van der Waals surface area contributed by atoms with E-state index in [4.69, 9.17) is 0 Å². The molecule has 0 radical (unpaired) electrons. The van der Waals surface area contributed by atoms with Crippen molar-refractivity contribution in [2.24, 2.45) is 0 Å². The number of anilines is 2. The first-order valence-electron chi connectivity index (χ1n) is 8.52. The van der Waals surface area contributed by atoms with Gasteiger partial charge in [0.1, 0.15) is 5.82 Å². The number of nitrogens with zero attached hydrogens (tertiary/aromatic N) is 2. The zero-order chi connectivity index (χ0) is 19.4. The van der Waals surface area contributed by atoms with E-state index in [0.29, 0.717) is 22.6 Å². The number of hydrogen-bond acceptors (Lipinski definition) is 4. The second kappa shape index (κ2) is 7.78. The van der Waals surface area contributed by atoms with E-state index in [9.17, 15) is 9.59 Å². The predicted molar refractivity (Wildman–Crippen MR) is 105 cm³/mol. The van der Waals surface area contributed by atoms with E-state index < -0.39 is 0 Å². The Balaban J connectivity index is 1.78. The van der Waals surface area contributed by atoms with Crippen molar-refractivity contribution < 1.29 is 9.59 Å². The maximum Gasteiger partial charge on any atom is 0.258 e. The van der Waals surface area contributed by atoms with Gasteiger partial charge in [0.05, 0.1) is 0 Å². The molecule has 0 unspecified atom stereocenters. The lowest BCUT2D eigenvalue weighted by atomic mass is 10.1. The van der Waals surface area contributed by atoms with E-state index >= 15 is 0 Å². The summed E-state index contributed by atoms with van der Waals surface area (Å²) in [5.74, 6) is -0.109. The summed E-state index contributed by atoms with van der Waals surface area (Å²) in [6, 6.07) is 16.2. The van der Waals surface area contributed by atoms with Crippen molar-refractivity contribution in [3.63, 3.8) is 0 Å². The molecule has 0 spiro atoms. The van der Waals surface area contributed by atoms with Crippen LogP contribution in [0.5, 0.6) is 0 Å². The second-order valence-corrected chi connectivity index (χ2v) is 6.37. The molecule has 2 amide bonds. The molecule has 2 N–H and O–H groups in total. The number of aromatic nitrogens is 2. The molecule has 6 nitrogen and oxygen atoms in total. The number of aryl methyl sites for hydroxylation is 3. The third-order valence-electron chi connectivity index (χ3n) is 3.88. The van der Waals surface area contributed by atoms with Crippen LogP contribution in [-0.4, -0.2) is 21.8 Å². The smallest absolute Gasteiger partial charge is 0.258 e. The Morgan fingerprint density at radius 2 is 1.30 bits per heavy atom.